The molecular formula is C19H20N2O4. The van der Waals surface area contributed by atoms with E-state index in [1.807, 2.05) is 12.1 Å². The predicted molar refractivity (Wildman–Crippen MR) is 94.0 cm³/mol. The first-order chi connectivity index (χ1) is 12.1. The van der Waals surface area contributed by atoms with Gasteiger partial charge in [0.1, 0.15) is 0 Å². The third-order valence-corrected chi connectivity index (χ3v) is 3.76. The lowest BCUT2D eigenvalue weighted by Gasteiger charge is -2.11. The van der Waals surface area contributed by atoms with Crippen molar-refractivity contribution in [1.29, 1.82) is 0 Å². The largest absolute Gasteiger partial charge is 0.490 e. The van der Waals surface area contributed by atoms with Crippen LogP contribution in [0.15, 0.2) is 42.5 Å². The Hall–Kier alpha value is -3.02. The molecule has 0 aromatic heterocycles. The summed E-state index contributed by atoms with van der Waals surface area (Å²) in [6.45, 7) is 3.14. The molecule has 130 valence electrons. The van der Waals surface area contributed by atoms with Crippen molar-refractivity contribution in [1.82, 2.24) is 5.32 Å². The number of hydrogen-bond donors (Lipinski definition) is 2. The van der Waals surface area contributed by atoms with Gasteiger partial charge in [0.05, 0.1) is 13.2 Å². The van der Waals surface area contributed by atoms with Gasteiger partial charge < -0.3 is 20.1 Å². The standard InChI is InChI=1S/C19H20N2O4/c1-13(22)20-12-14-3-5-15(6-4-14)19(23)21-16-7-8-17-18(11-16)25-10-2-9-24-17/h3-8,11H,2,9-10,12H2,1H3,(H,20,22)(H,21,23). The average Bonchev–Trinajstić information content (AvgIpc) is 2.85. The number of carbonyl (C=O) groups is 2. The summed E-state index contributed by atoms with van der Waals surface area (Å²) in [4.78, 5) is 23.3. The molecule has 1 aliphatic rings. The Bertz CT molecular complexity index is 771. The molecule has 2 N–H and O–H groups in total. The third-order valence-electron chi connectivity index (χ3n) is 3.76. The molecule has 2 aromatic rings. The normalized spacial score (nSPS) is 12.8. The highest BCUT2D eigenvalue weighted by molar-refractivity contribution is 6.04. The molecule has 0 spiro atoms. The van der Waals surface area contributed by atoms with Crippen molar-refractivity contribution in [3.05, 3.63) is 53.6 Å². The van der Waals surface area contributed by atoms with Crippen molar-refractivity contribution >= 4 is 17.5 Å². The van der Waals surface area contributed by atoms with E-state index in [9.17, 15) is 9.59 Å². The van der Waals surface area contributed by atoms with Gasteiger partial charge in [-0.3, -0.25) is 9.59 Å². The topological polar surface area (TPSA) is 76.7 Å². The molecule has 2 amide bonds. The average molecular weight is 340 g/mol. The van der Waals surface area contributed by atoms with Crippen LogP contribution >= 0.6 is 0 Å². The summed E-state index contributed by atoms with van der Waals surface area (Å²) in [6.07, 6.45) is 0.835. The number of anilines is 1. The van der Waals surface area contributed by atoms with Gasteiger partial charge in [0, 0.05) is 37.2 Å². The van der Waals surface area contributed by atoms with E-state index in [1.165, 1.54) is 6.92 Å². The first-order valence-electron chi connectivity index (χ1n) is 8.16. The maximum Gasteiger partial charge on any atom is 0.255 e. The highest BCUT2D eigenvalue weighted by atomic mass is 16.5. The molecule has 2 aromatic carbocycles. The SMILES string of the molecule is CC(=O)NCc1ccc(C(=O)Nc2ccc3c(c2)OCCCO3)cc1. The van der Waals surface area contributed by atoms with Gasteiger partial charge in [-0.2, -0.15) is 0 Å². The molecule has 6 nitrogen and oxygen atoms in total. The van der Waals surface area contributed by atoms with Crippen LogP contribution in [0.2, 0.25) is 0 Å². The molecule has 1 heterocycles. The lowest BCUT2D eigenvalue weighted by atomic mass is 10.1. The van der Waals surface area contributed by atoms with Gasteiger partial charge in [0.2, 0.25) is 5.91 Å². The maximum atomic E-state index is 12.4. The van der Waals surface area contributed by atoms with E-state index in [-0.39, 0.29) is 11.8 Å². The van der Waals surface area contributed by atoms with Crippen molar-refractivity contribution in [2.45, 2.75) is 19.9 Å². The fourth-order valence-corrected chi connectivity index (χ4v) is 2.44. The van der Waals surface area contributed by atoms with Crippen LogP contribution in [-0.4, -0.2) is 25.0 Å². The lowest BCUT2D eigenvalue weighted by molar-refractivity contribution is -0.119. The number of rotatable bonds is 4. The number of benzene rings is 2. The third kappa shape index (κ3) is 4.50. The molecule has 1 aliphatic heterocycles. The minimum absolute atomic E-state index is 0.0868. The first-order valence-corrected chi connectivity index (χ1v) is 8.16. The number of amides is 2. The molecule has 0 atom stereocenters. The van der Waals surface area contributed by atoms with Crippen LogP contribution in [0, 0.1) is 0 Å². The second-order valence-corrected chi connectivity index (χ2v) is 5.77. The van der Waals surface area contributed by atoms with E-state index >= 15 is 0 Å². The monoisotopic (exact) mass is 340 g/mol. The molecule has 0 fully saturated rings. The Balaban J connectivity index is 1.65. The van der Waals surface area contributed by atoms with Crippen LogP contribution < -0.4 is 20.1 Å². The fourth-order valence-electron chi connectivity index (χ4n) is 2.44. The second kappa shape index (κ2) is 7.70. The summed E-state index contributed by atoms with van der Waals surface area (Å²) in [5.41, 5.74) is 2.12. The zero-order valence-electron chi connectivity index (χ0n) is 14.0. The van der Waals surface area contributed by atoms with E-state index in [0.717, 1.165) is 12.0 Å². The summed E-state index contributed by atoms with van der Waals surface area (Å²) < 4.78 is 11.2. The number of hydrogen-bond acceptors (Lipinski definition) is 4. The van der Waals surface area contributed by atoms with Gasteiger partial charge in [-0.05, 0) is 29.8 Å². The van der Waals surface area contributed by atoms with Crippen LogP contribution in [-0.2, 0) is 11.3 Å². The summed E-state index contributed by atoms with van der Waals surface area (Å²) in [5, 5.41) is 5.57. The Morgan fingerprint density at radius 3 is 2.44 bits per heavy atom. The van der Waals surface area contributed by atoms with Crippen LogP contribution in [0.1, 0.15) is 29.3 Å². The van der Waals surface area contributed by atoms with Gasteiger partial charge in [0.15, 0.2) is 11.5 Å². The highest BCUT2D eigenvalue weighted by Gasteiger charge is 2.12. The maximum absolute atomic E-state index is 12.4. The van der Waals surface area contributed by atoms with Crippen LogP contribution in [0.25, 0.3) is 0 Å². The van der Waals surface area contributed by atoms with Gasteiger partial charge in [0.25, 0.3) is 5.91 Å². The van der Waals surface area contributed by atoms with E-state index in [1.54, 1.807) is 30.3 Å². The molecule has 25 heavy (non-hydrogen) atoms. The Kier molecular flexibility index (Phi) is 5.18. The quantitative estimate of drug-likeness (QED) is 0.897. The molecular weight excluding hydrogens is 320 g/mol. The van der Waals surface area contributed by atoms with E-state index < -0.39 is 0 Å². The smallest absolute Gasteiger partial charge is 0.255 e. The highest BCUT2D eigenvalue weighted by Crippen LogP contribution is 2.32. The number of nitrogens with one attached hydrogen (secondary N) is 2. The van der Waals surface area contributed by atoms with Crippen molar-refractivity contribution < 1.29 is 19.1 Å². The molecule has 0 aliphatic carbocycles. The van der Waals surface area contributed by atoms with Crippen LogP contribution in [0.3, 0.4) is 0 Å². The Morgan fingerprint density at radius 2 is 1.72 bits per heavy atom. The van der Waals surface area contributed by atoms with Gasteiger partial charge in [-0.1, -0.05) is 12.1 Å². The van der Waals surface area contributed by atoms with Gasteiger partial charge >= 0.3 is 0 Å². The molecule has 0 saturated heterocycles. The zero-order valence-corrected chi connectivity index (χ0v) is 14.0. The van der Waals surface area contributed by atoms with Crippen molar-refractivity contribution in [2.24, 2.45) is 0 Å². The van der Waals surface area contributed by atoms with Crippen LogP contribution in [0.5, 0.6) is 11.5 Å². The zero-order chi connectivity index (χ0) is 17.6. The molecule has 3 rings (SSSR count). The van der Waals surface area contributed by atoms with Crippen molar-refractivity contribution in [3.8, 4) is 11.5 Å². The van der Waals surface area contributed by atoms with Crippen LogP contribution in [0.4, 0.5) is 5.69 Å². The molecule has 6 heteroatoms. The minimum Gasteiger partial charge on any atom is -0.490 e. The number of ether oxygens (including phenoxy) is 2. The van der Waals surface area contributed by atoms with Crippen molar-refractivity contribution in [3.63, 3.8) is 0 Å². The van der Waals surface area contributed by atoms with E-state index in [2.05, 4.69) is 10.6 Å². The summed E-state index contributed by atoms with van der Waals surface area (Å²) in [5.74, 6) is 1.04. The van der Waals surface area contributed by atoms with E-state index in [4.69, 9.17) is 9.47 Å². The number of fused-ring (bicyclic) bond motifs is 1. The van der Waals surface area contributed by atoms with Crippen molar-refractivity contribution in [2.75, 3.05) is 18.5 Å². The van der Waals surface area contributed by atoms with E-state index in [0.29, 0.717) is 42.5 Å². The predicted octanol–water partition coefficient (Wildman–Crippen LogP) is 2.74. The molecule has 0 unspecified atom stereocenters. The summed E-state index contributed by atoms with van der Waals surface area (Å²) >= 11 is 0. The molecule has 0 bridgehead atoms. The molecule has 0 saturated carbocycles. The Morgan fingerprint density at radius 1 is 1.00 bits per heavy atom. The summed E-state index contributed by atoms with van der Waals surface area (Å²) in [6, 6.07) is 12.5. The van der Waals surface area contributed by atoms with Gasteiger partial charge in [-0.25, -0.2) is 0 Å². The lowest BCUT2D eigenvalue weighted by Crippen LogP contribution is -2.19. The second-order valence-electron chi connectivity index (χ2n) is 5.77. The fraction of sp³-hybridized carbons (Fsp3) is 0.263. The minimum atomic E-state index is -0.208. The number of carbonyl (C=O) groups excluding carboxylic acids is 2. The summed E-state index contributed by atoms with van der Waals surface area (Å²) in [7, 11) is 0. The van der Waals surface area contributed by atoms with Gasteiger partial charge in [-0.15, -0.1) is 0 Å². The molecule has 0 radical (unpaired) electrons. The Labute approximate surface area is 146 Å². The first kappa shape index (κ1) is 16.8.